The molecule has 4 saturated carbocycles. The summed E-state index contributed by atoms with van der Waals surface area (Å²) in [6, 6.07) is 0. The number of carbonyl (C=O) groups is 1. The quantitative estimate of drug-likeness (QED) is 0.571. The molecular formula is C24H40O5. The average Bonchev–Trinajstić information content (AvgIpc) is 3.01. The van der Waals surface area contributed by atoms with Gasteiger partial charge in [-0.3, -0.25) is 4.79 Å². The second-order valence-corrected chi connectivity index (χ2v) is 11.4. The Labute approximate surface area is 174 Å². The summed E-state index contributed by atoms with van der Waals surface area (Å²) in [6.07, 6.45) is 6.00. The molecule has 166 valence electrons. The SMILES string of the molecule is C[C@H](CCC(=O)O)C1CC[C@H]2[C@H]3[C@H](O)C[C@@H]4C[C@H](O)CC[C@]4(C)[C@H]3C[C@H](O)[C@]12C. The minimum Gasteiger partial charge on any atom is -0.481 e. The number of hydrogen-bond acceptors (Lipinski definition) is 4. The zero-order chi connectivity index (χ0) is 21.1. The standard InChI is InChI=1S/C24H40O5/c1-13(4-7-21(28)29)16-5-6-17-22-18(12-20(27)24(16,17)3)23(2)9-8-15(25)10-14(23)11-19(22)26/h13-20,22,25-27H,4-12H2,1-3H3,(H,28,29)/t13-,14+,15-,16?,17+,18+,19-,20+,22-,23+,24-/m1/s1. The van der Waals surface area contributed by atoms with Crippen molar-refractivity contribution in [2.24, 2.45) is 46.3 Å². The second kappa shape index (κ2) is 7.49. The van der Waals surface area contributed by atoms with Crippen LogP contribution in [-0.4, -0.2) is 44.7 Å². The van der Waals surface area contributed by atoms with Crippen LogP contribution < -0.4 is 0 Å². The van der Waals surface area contributed by atoms with Gasteiger partial charge in [-0.1, -0.05) is 20.8 Å². The summed E-state index contributed by atoms with van der Waals surface area (Å²) >= 11 is 0. The van der Waals surface area contributed by atoms with Crippen molar-refractivity contribution in [2.45, 2.75) is 96.9 Å². The normalized spacial score (nSPS) is 52.9. The third-order valence-corrected chi connectivity index (χ3v) is 10.3. The number of rotatable bonds is 4. The fourth-order valence-corrected chi connectivity index (χ4v) is 8.68. The van der Waals surface area contributed by atoms with Gasteiger partial charge in [0.2, 0.25) is 0 Å². The van der Waals surface area contributed by atoms with Crippen molar-refractivity contribution >= 4 is 5.97 Å². The number of hydrogen-bond donors (Lipinski definition) is 4. The third kappa shape index (κ3) is 3.27. The molecule has 5 heteroatoms. The molecule has 0 radical (unpaired) electrons. The third-order valence-electron chi connectivity index (χ3n) is 10.3. The number of aliphatic carboxylic acids is 1. The molecule has 0 spiro atoms. The van der Waals surface area contributed by atoms with E-state index in [1.807, 2.05) is 0 Å². The molecule has 4 fully saturated rings. The maximum atomic E-state index is 11.5. The van der Waals surface area contributed by atoms with Crippen molar-refractivity contribution < 1.29 is 25.2 Å². The van der Waals surface area contributed by atoms with E-state index in [0.29, 0.717) is 30.1 Å². The van der Waals surface area contributed by atoms with Gasteiger partial charge in [0, 0.05) is 6.42 Å². The summed E-state index contributed by atoms with van der Waals surface area (Å²) in [7, 11) is 0. The molecule has 11 atom stereocenters. The zero-order valence-corrected chi connectivity index (χ0v) is 18.3. The molecule has 0 amide bonds. The minimum absolute atomic E-state index is 0.0957. The van der Waals surface area contributed by atoms with Crippen LogP contribution in [0, 0.1) is 46.3 Å². The molecule has 4 aliphatic carbocycles. The lowest BCUT2D eigenvalue weighted by Gasteiger charge is -2.63. The van der Waals surface area contributed by atoms with Gasteiger partial charge in [-0.25, -0.2) is 0 Å². The van der Waals surface area contributed by atoms with Gasteiger partial charge >= 0.3 is 5.97 Å². The first-order chi connectivity index (χ1) is 13.6. The van der Waals surface area contributed by atoms with Gasteiger partial charge in [0.15, 0.2) is 0 Å². The van der Waals surface area contributed by atoms with Crippen molar-refractivity contribution in [1.29, 1.82) is 0 Å². The van der Waals surface area contributed by atoms with Crippen molar-refractivity contribution in [3.8, 4) is 0 Å². The molecule has 0 aromatic heterocycles. The summed E-state index contributed by atoms with van der Waals surface area (Å²) in [5.41, 5.74) is -0.143. The number of carboxylic acid groups (broad SMARTS) is 1. The monoisotopic (exact) mass is 408 g/mol. The molecule has 5 nitrogen and oxygen atoms in total. The van der Waals surface area contributed by atoms with E-state index in [4.69, 9.17) is 5.11 Å². The highest BCUT2D eigenvalue weighted by molar-refractivity contribution is 5.66. The van der Waals surface area contributed by atoms with Gasteiger partial charge < -0.3 is 20.4 Å². The molecule has 29 heavy (non-hydrogen) atoms. The number of fused-ring (bicyclic) bond motifs is 5. The molecule has 4 aliphatic rings. The van der Waals surface area contributed by atoms with Crippen LogP contribution in [0.2, 0.25) is 0 Å². The van der Waals surface area contributed by atoms with Crippen LogP contribution in [0.5, 0.6) is 0 Å². The Morgan fingerprint density at radius 3 is 2.45 bits per heavy atom. The Balaban J connectivity index is 1.61. The van der Waals surface area contributed by atoms with E-state index in [1.165, 1.54) is 0 Å². The highest BCUT2D eigenvalue weighted by Gasteiger charge is 2.65. The molecule has 0 heterocycles. The Kier molecular flexibility index (Phi) is 5.57. The highest BCUT2D eigenvalue weighted by Crippen LogP contribution is 2.68. The lowest BCUT2D eigenvalue weighted by Crippen LogP contribution is -2.62. The Hall–Kier alpha value is -0.650. The molecule has 0 aromatic carbocycles. The molecule has 0 saturated heterocycles. The molecule has 1 unspecified atom stereocenters. The summed E-state index contributed by atoms with van der Waals surface area (Å²) in [6.45, 7) is 6.72. The fourth-order valence-electron chi connectivity index (χ4n) is 8.68. The average molecular weight is 409 g/mol. The van der Waals surface area contributed by atoms with Crippen molar-refractivity contribution in [1.82, 2.24) is 0 Å². The molecule has 0 bridgehead atoms. The van der Waals surface area contributed by atoms with E-state index in [-0.39, 0.29) is 41.3 Å². The van der Waals surface area contributed by atoms with Crippen molar-refractivity contribution in [2.75, 3.05) is 0 Å². The highest BCUT2D eigenvalue weighted by atomic mass is 16.4. The number of aliphatic hydroxyl groups is 3. The summed E-state index contributed by atoms with van der Waals surface area (Å²) in [4.78, 5) is 11.1. The second-order valence-electron chi connectivity index (χ2n) is 11.4. The largest absolute Gasteiger partial charge is 0.481 e. The van der Waals surface area contributed by atoms with Crippen LogP contribution in [0.3, 0.4) is 0 Å². The molecule has 4 N–H and O–H groups in total. The Bertz CT molecular complexity index is 637. The van der Waals surface area contributed by atoms with Gasteiger partial charge in [-0.15, -0.1) is 0 Å². The van der Waals surface area contributed by atoms with E-state index in [0.717, 1.165) is 44.9 Å². The van der Waals surface area contributed by atoms with E-state index in [1.54, 1.807) is 0 Å². The summed E-state index contributed by atoms with van der Waals surface area (Å²) < 4.78 is 0. The smallest absolute Gasteiger partial charge is 0.303 e. The maximum Gasteiger partial charge on any atom is 0.303 e. The summed E-state index contributed by atoms with van der Waals surface area (Å²) in [5, 5.41) is 42.0. The molecule has 0 aromatic rings. The molecule has 0 aliphatic heterocycles. The van der Waals surface area contributed by atoms with E-state index < -0.39 is 12.1 Å². The topological polar surface area (TPSA) is 98.0 Å². The zero-order valence-electron chi connectivity index (χ0n) is 18.3. The van der Waals surface area contributed by atoms with Crippen LogP contribution >= 0.6 is 0 Å². The van der Waals surface area contributed by atoms with E-state index in [2.05, 4.69) is 20.8 Å². The van der Waals surface area contributed by atoms with Crippen LogP contribution in [0.1, 0.15) is 78.6 Å². The van der Waals surface area contributed by atoms with Gasteiger partial charge in [0.05, 0.1) is 18.3 Å². The predicted octanol–water partition coefficient (Wildman–Crippen LogP) is 3.45. The lowest BCUT2D eigenvalue weighted by molar-refractivity contribution is -0.207. The van der Waals surface area contributed by atoms with Gasteiger partial charge in [-0.05, 0) is 97.7 Å². The van der Waals surface area contributed by atoms with E-state index >= 15 is 0 Å². The Morgan fingerprint density at radius 1 is 1.03 bits per heavy atom. The van der Waals surface area contributed by atoms with Crippen LogP contribution in [0.4, 0.5) is 0 Å². The van der Waals surface area contributed by atoms with Crippen LogP contribution in [0.15, 0.2) is 0 Å². The predicted molar refractivity (Wildman–Crippen MR) is 110 cm³/mol. The van der Waals surface area contributed by atoms with Crippen molar-refractivity contribution in [3.05, 3.63) is 0 Å². The first-order valence-corrected chi connectivity index (χ1v) is 11.8. The summed E-state index contributed by atoms with van der Waals surface area (Å²) in [5.74, 6) is 0.997. The van der Waals surface area contributed by atoms with Gasteiger partial charge in [0.1, 0.15) is 0 Å². The van der Waals surface area contributed by atoms with Gasteiger partial charge in [0.25, 0.3) is 0 Å². The molecule has 4 rings (SSSR count). The van der Waals surface area contributed by atoms with Crippen LogP contribution in [0.25, 0.3) is 0 Å². The number of carboxylic acids is 1. The van der Waals surface area contributed by atoms with Gasteiger partial charge in [-0.2, -0.15) is 0 Å². The fraction of sp³-hybridized carbons (Fsp3) is 0.958. The molecular weight excluding hydrogens is 368 g/mol. The van der Waals surface area contributed by atoms with Crippen molar-refractivity contribution in [3.63, 3.8) is 0 Å². The Morgan fingerprint density at radius 2 is 1.76 bits per heavy atom. The maximum absolute atomic E-state index is 11.5. The minimum atomic E-state index is -0.748. The number of aliphatic hydroxyl groups excluding tert-OH is 3. The van der Waals surface area contributed by atoms with Crippen LogP contribution in [-0.2, 0) is 4.79 Å². The van der Waals surface area contributed by atoms with E-state index in [9.17, 15) is 20.1 Å². The first-order valence-electron chi connectivity index (χ1n) is 11.8. The first kappa shape index (κ1) is 21.6. The lowest BCUT2D eigenvalue weighted by atomic mass is 9.43.